The molecule has 2 rings (SSSR count). The van der Waals surface area contributed by atoms with Crippen molar-refractivity contribution < 1.29 is 17.9 Å². The van der Waals surface area contributed by atoms with Gasteiger partial charge in [-0.05, 0) is 30.5 Å². The Balaban J connectivity index is 2.17. The maximum Gasteiger partial charge on any atom is 0.244 e. The van der Waals surface area contributed by atoms with Gasteiger partial charge in [0.2, 0.25) is 10.0 Å². The first-order valence-corrected chi connectivity index (χ1v) is 7.90. The fourth-order valence-corrected chi connectivity index (χ4v) is 3.61. The molecular weight excluding hydrogens is 280 g/mol. The van der Waals surface area contributed by atoms with E-state index in [-0.39, 0.29) is 17.0 Å². The minimum atomic E-state index is -3.59. The lowest BCUT2D eigenvalue weighted by Crippen LogP contribution is -2.47. The van der Waals surface area contributed by atoms with E-state index in [1.165, 1.54) is 13.2 Å². The lowest BCUT2D eigenvalue weighted by Gasteiger charge is -2.34. The molecule has 1 aromatic rings. The third-order valence-corrected chi connectivity index (χ3v) is 5.06. The number of rotatable bonds is 6. The van der Waals surface area contributed by atoms with Gasteiger partial charge >= 0.3 is 0 Å². The van der Waals surface area contributed by atoms with E-state index in [1.807, 2.05) is 0 Å². The number of nitrogens with one attached hydrogen (secondary N) is 1. The van der Waals surface area contributed by atoms with Crippen molar-refractivity contribution in [1.29, 1.82) is 0 Å². The van der Waals surface area contributed by atoms with E-state index < -0.39 is 10.0 Å². The van der Waals surface area contributed by atoms with E-state index in [9.17, 15) is 8.42 Å². The highest BCUT2D eigenvalue weighted by Gasteiger charge is 2.33. The number of nitrogens with two attached hydrogens (primary N) is 1. The number of hydrogen-bond acceptors (Lipinski definition) is 5. The second-order valence-corrected chi connectivity index (χ2v) is 6.52. The molecule has 0 spiro atoms. The van der Waals surface area contributed by atoms with Gasteiger partial charge in [0.1, 0.15) is 10.6 Å². The maximum absolute atomic E-state index is 12.3. The summed E-state index contributed by atoms with van der Waals surface area (Å²) in [5.41, 5.74) is 6.36. The Hall–Kier alpha value is -1.15. The predicted molar refractivity (Wildman–Crippen MR) is 75.0 cm³/mol. The molecule has 6 nitrogen and oxygen atoms in total. The van der Waals surface area contributed by atoms with E-state index in [0.717, 1.165) is 5.56 Å². The fraction of sp³-hybridized carbons (Fsp3) is 0.538. The smallest absolute Gasteiger partial charge is 0.244 e. The SMILES string of the molecule is COc1cc(CN)ccc1S(=O)(=O)NC1CC(OC)C1. The Morgan fingerprint density at radius 3 is 2.60 bits per heavy atom. The van der Waals surface area contributed by atoms with E-state index in [1.54, 1.807) is 19.2 Å². The maximum atomic E-state index is 12.3. The van der Waals surface area contributed by atoms with Gasteiger partial charge in [-0.2, -0.15) is 0 Å². The zero-order chi connectivity index (χ0) is 14.8. The summed E-state index contributed by atoms with van der Waals surface area (Å²) < 4.78 is 37.6. The Morgan fingerprint density at radius 1 is 1.35 bits per heavy atom. The highest BCUT2D eigenvalue weighted by atomic mass is 32.2. The van der Waals surface area contributed by atoms with Crippen LogP contribution in [0.15, 0.2) is 23.1 Å². The van der Waals surface area contributed by atoms with Crippen LogP contribution in [0.5, 0.6) is 5.75 Å². The molecule has 0 bridgehead atoms. The molecule has 0 saturated heterocycles. The van der Waals surface area contributed by atoms with Crippen LogP contribution < -0.4 is 15.2 Å². The van der Waals surface area contributed by atoms with Crippen molar-refractivity contribution in [3.8, 4) is 5.75 Å². The van der Waals surface area contributed by atoms with Gasteiger partial charge in [-0.3, -0.25) is 0 Å². The zero-order valence-electron chi connectivity index (χ0n) is 11.6. The molecule has 112 valence electrons. The summed E-state index contributed by atoms with van der Waals surface area (Å²) >= 11 is 0. The standard InChI is InChI=1S/C13H20N2O4S/c1-18-11-6-10(7-11)15-20(16,17)13-4-3-9(8-14)5-12(13)19-2/h3-5,10-11,15H,6-8,14H2,1-2H3. The van der Waals surface area contributed by atoms with Crippen LogP contribution in [0.3, 0.4) is 0 Å². The van der Waals surface area contributed by atoms with E-state index in [0.29, 0.717) is 25.1 Å². The molecule has 1 fully saturated rings. The van der Waals surface area contributed by atoms with Crippen LogP contribution in [0.25, 0.3) is 0 Å². The molecule has 0 heterocycles. The van der Waals surface area contributed by atoms with Gasteiger partial charge in [-0.1, -0.05) is 6.07 Å². The van der Waals surface area contributed by atoms with Gasteiger partial charge < -0.3 is 15.2 Å². The Labute approximate surface area is 119 Å². The molecule has 3 N–H and O–H groups in total. The van der Waals surface area contributed by atoms with E-state index >= 15 is 0 Å². The minimum absolute atomic E-state index is 0.0798. The van der Waals surface area contributed by atoms with Crippen LogP contribution in [0.4, 0.5) is 0 Å². The second kappa shape index (κ2) is 6.09. The second-order valence-electron chi connectivity index (χ2n) is 4.84. The molecule has 0 unspecified atom stereocenters. The van der Waals surface area contributed by atoms with Crippen molar-refractivity contribution in [1.82, 2.24) is 4.72 Å². The highest BCUT2D eigenvalue weighted by molar-refractivity contribution is 7.89. The molecule has 0 aromatic heterocycles. The molecule has 7 heteroatoms. The van der Waals surface area contributed by atoms with Crippen molar-refractivity contribution in [3.63, 3.8) is 0 Å². The highest BCUT2D eigenvalue weighted by Crippen LogP contribution is 2.28. The van der Waals surface area contributed by atoms with Crippen molar-refractivity contribution in [2.75, 3.05) is 14.2 Å². The van der Waals surface area contributed by atoms with Crippen molar-refractivity contribution in [3.05, 3.63) is 23.8 Å². The van der Waals surface area contributed by atoms with Crippen LogP contribution in [0, 0.1) is 0 Å². The Kier molecular flexibility index (Phi) is 4.64. The van der Waals surface area contributed by atoms with Crippen LogP contribution >= 0.6 is 0 Å². The molecular formula is C13H20N2O4S. The van der Waals surface area contributed by atoms with Crippen molar-refractivity contribution in [2.24, 2.45) is 5.73 Å². The van der Waals surface area contributed by atoms with Crippen LogP contribution in [0.1, 0.15) is 18.4 Å². The van der Waals surface area contributed by atoms with Crippen molar-refractivity contribution in [2.45, 2.75) is 36.4 Å². The lowest BCUT2D eigenvalue weighted by molar-refractivity contribution is 0.0236. The summed E-state index contributed by atoms with van der Waals surface area (Å²) in [4.78, 5) is 0.137. The van der Waals surface area contributed by atoms with Gasteiger partial charge in [-0.15, -0.1) is 0 Å². The molecule has 1 saturated carbocycles. The molecule has 1 aliphatic rings. The molecule has 0 atom stereocenters. The third-order valence-electron chi connectivity index (χ3n) is 3.50. The average molecular weight is 300 g/mol. The summed E-state index contributed by atoms with van der Waals surface area (Å²) in [6, 6.07) is 4.78. The summed E-state index contributed by atoms with van der Waals surface area (Å²) in [7, 11) is -0.519. The summed E-state index contributed by atoms with van der Waals surface area (Å²) in [6.07, 6.45) is 1.53. The van der Waals surface area contributed by atoms with Crippen LogP contribution in [-0.4, -0.2) is 34.8 Å². The quantitative estimate of drug-likeness (QED) is 0.803. The predicted octanol–water partition coefficient (Wildman–Crippen LogP) is 0.610. The Morgan fingerprint density at radius 2 is 2.05 bits per heavy atom. The van der Waals surface area contributed by atoms with Gasteiger partial charge in [0.15, 0.2) is 0 Å². The molecule has 1 aromatic carbocycles. The third kappa shape index (κ3) is 3.12. The molecule has 0 aliphatic heterocycles. The topological polar surface area (TPSA) is 90.7 Å². The normalized spacial score (nSPS) is 22.4. The number of methoxy groups -OCH3 is 2. The molecule has 20 heavy (non-hydrogen) atoms. The lowest BCUT2D eigenvalue weighted by atomic mass is 9.90. The van der Waals surface area contributed by atoms with E-state index in [4.69, 9.17) is 15.2 Å². The number of benzene rings is 1. The van der Waals surface area contributed by atoms with Crippen molar-refractivity contribution >= 4 is 10.0 Å². The molecule has 0 radical (unpaired) electrons. The summed E-state index contributed by atoms with van der Waals surface area (Å²) in [5, 5.41) is 0. The number of sulfonamides is 1. The summed E-state index contributed by atoms with van der Waals surface area (Å²) in [5.74, 6) is 0.308. The minimum Gasteiger partial charge on any atom is -0.495 e. The van der Waals surface area contributed by atoms with Gasteiger partial charge in [0.05, 0.1) is 13.2 Å². The van der Waals surface area contributed by atoms with Crippen LogP contribution in [0.2, 0.25) is 0 Å². The first-order valence-electron chi connectivity index (χ1n) is 6.42. The van der Waals surface area contributed by atoms with E-state index in [2.05, 4.69) is 4.72 Å². The molecule has 1 aliphatic carbocycles. The monoisotopic (exact) mass is 300 g/mol. The average Bonchev–Trinajstić information content (AvgIpc) is 2.41. The largest absolute Gasteiger partial charge is 0.495 e. The van der Waals surface area contributed by atoms with Gasteiger partial charge in [0.25, 0.3) is 0 Å². The molecule has 0 amide bonds. The Bertz CT molecular complexity index is 568. The first kappa shape index (κ1) is 15.2. The fourth-order valence-electron chi connectivity index (χ4n) is 2.20. The van der Waals surface area contributed by atoms with Gasteiger partial charge in [0, 0.05) is 19.7 Å². The van der Waals surface area contributed by atoms with Crippen LogP contribution in [-0.2, 0) is 21.3 Å². The summed E-state index contributed by atoms with van der Waals surface area (Å²) in [6.45, 7) is 0.336. The zero-order valence-corrected chi connectivity index (χ0v) is 12.4. The number of hydrogen-bond donors (Lipinski definition) is 2. The first-order chi connectivity index (χ1) is 9.50. The van der Waals surface area contributed by atoms with Gasteiger partial charge in [-0.25, -0.2) is 13.1 Å². The number of ether oxygens (including phenoxy) is 2.